The lowest BCUT2D eigenvalue weighted by molar-refractivity contribution is -0.138. The Labute approximate surface area is 112 Å². The van der Waals surface area contributed by atoms with Crippen LogP contribution in [-0.2, 0) is 0 Å². The molecule has 0 saturated heterocycles. The number of nitrogens with zero attached hydrogens (tertiary/aromatic N) is 1. The van der Waals surface area contributed by atoms with Gasteiger partial charge in [0.1, 0.15) is 11.6 Å². The van der Waals surface area contributed by atoms with Crippen LogP contribution in [0.5, 0.6) is 5.75 Å². The Balaban J connectivity index is 2.02. The highest BCUT2D eigenvalue weighted by Gasteiger charge is 2.40. The first-order chi connectivity index (χ1) is 9.33. The summed E-state index contributed by atoms with van der Waals surface area (Å²) in [5, 5.41) is 2.66. The second-order valence-corrected chi connectivity index (χ2v) is 4.66. The van der Waals surface area contributed by atoms with Crippen molar-refractivity contribution in [1.29, 1.82) is 0 Å². The zero-order valence-corrected chi connectivity index (χ0v) is 10.3. The van der Waals surface area contributed by atoms with Crippen LogP contribution in [0.1, 0.15) is 19.3 Å². The first kappa shape index (κ1) is 14.8. The van der Waals surface area contributed by atoms with Gasteiger partial charge in [0.25, 0.3) is 0 Å². The molecule has 0 bridgehead atoms. The molecule has 3 nitrogen and oxygen atoms in total. The Morgan fingerprint density at radius 2 is 2.05 bits per heavy atom. The highest BCUT2D eigenvalue weighted by molar-refractivity contribution is 5.41. The van der Waals surface area contributed by atoms with Gasteiger partial charge in [0, 0.05) is 18.3 Å². The number of aromatic nitrogens is 1. The Morgan fingerprint density at radius 3 is 2.60 bits per heavy atom. The molecule has 1 aliphatic rings. The normalized spacial score (nSPS) is 17.1. The van der Waals surface area contributed by atoms with Crippen molar-refractivity contribution in [1.82, 2.24) is 4.98 Å². The van der Waals surface area contributed by atoms with E-state index in [4.69, 9.17) is 0 Å². The summed E-state index contributed by atoms with van der Waals surface area (Å²) in [6.07, 6.45) is -2.60. The monoisotopic (exact) mass is 296 g/mol. The van der Waals surface area contributed by atoms with Crippen LogP contribution in [0.3, 0.4) is 0 Å². The molecule has 1 aromatic heterocycles. The molecule has 0 unspecified atom stereocenters. The summed E-state index contributed by atoms with van der Waals surface area (Å²) in [5.41, 5.74) is 0. The first-order valence-corrected chi connectivity index (χ1v) is 6.07. The molecule has 8 heteroatoms. The molecule has 0 aromatic carbocycles. The third-order valence-corrected chi connectivity index (χ3v) is 2.93. The third kappa shape index (κ3) is 4.82. The van der Waals surface area contributed by atoms with Crippen molar-refractivity contribution in [3.05, 3.63) is 18.3 Å². The summed E-state index contributed by atoms with van der Waals surface area (Å²) in [6.45, 7) is -2.99. The fourth-order valence-corrected chi connectivity index (χ4v) is 1.94. The van der Waals surface area contributed by atoms with Crippen molar-refractivity contribution >= 4 is 5.82 Å². The maximum Gasteiger partial charge on any atom is 0.391 e. The average Bonchev–Trinajstić information content (AvgIpc) is 3.09. The number of hydrogen-bond donors (Lipinski definition) is 1. The average molecular weight is 296 g/mol. The molecule has 1 N–H and O–H groups in total. The number of anilines is 1. The van der Waals surface area contributed by atoms with E-state index in [1.807, 2.05) is 0 Å². The van der Waals surface area contributed by atoms with E-state index in [0.29, 0.717) is 0 Å². The standard InChI is InChI=1S/C12H13F5N2O/c13-11(14)20-8-3-4-18-10(5-8)19-9(7-1-2-7)6-12(15,16)17/h3-5,7,9,11H,1-2,6H2,(H,18,19)/t9-/m0/s1. The molecule has 1 fully saturated rings. The van der Waals surface area contributed by atoms with Gasteiger partial charge in [0.2, 0.25) is 0 Å². The SMILES string of the molecule is FC(F)Oc1ccnc(N[C@@H](CC(F)(F)F)C2CC2)c1. The van der Waals surface area contributed by atoms with Crippen molar-refractivity contribution in [3.8, 4) is 5.75 Å². The Kier molecular flexibility index (Phi) is 4.29. The van der Waals surface area contributed by atoms with E-state index < -0.39 is 25.3 Å². The Morgan fingerprint density at radius 1 is 1.35 bits per heavy atom. The molecule has 0 spiro atoms. The van der Waals surface area contributed by atoms with Crippen LogP contribution in [0.25, 0.3) is 0 Å². The number of pyridine rings is 1. The van der Waals surface area contributed by atoms with Gasteiger partial charge in [-0.05, 0) is 24.8 Å². The van der Waals surface area contributed by atoms with Gasteiger partial charge in [-0.15, -0.1) is 0 Å². The van der Waals surface area contributed by atoms with Crippen LogP contribution in [0.2, 0.25) is 0 Å². The molecule has 1 aliphatic carbocycles. The fraction of sp³-hybridized carbons (Fsp3) is 0.583. The molecule has 0 radical (unpaired) electrons. The van der Waals surface area contributed by atoms with Crippen molar-refractivity contribution in [2.75, 3.05) is 5.32 Å². The highest BCUT2D eigenvalue weighted by Crippen LogP contribution is 2.39. The summed E-state index contributed by atoms with van der Waals surface area (Å²) >= 11 is 0. The molecule has 1 aromatic rings. The Hall–Kier alpha value is -1.60. The fourth-order valence-electron chi connectivity index (χ4n) is 1.94. The maximum absolute atomic E-state index is 12.5. The lowest BCUT2D eigenvalue weighted by Crippen LogP contribution is -2.29. The molecule has 20 heavy (non-hydrogen) atoms. The van der Waals surface area contributed by atoms with Crippen molar-refractivity contribution < 1.29 is 26.7 Å². The molecule has 0 amide bonds. The van der Waals surface area contributed by atoms with Crippen LogP contribution in [0.15, 0.2) is 18.3 Å². The minimum absolute atomic E-state index is 0.0573. The van der Waals surface area contributed by atoms with Crippen LogP contribution < -0.4 is 10.1 Å². The van der Waals surface area contributed by atoms with Crippen LogP contribution >= 0.6 is 0 Å². The van der Waals surface area contributed by atoms with Gasteiger partial charge in [0.15, 0.2) is 0 Å². The summed E-state index contributed by atoms with van der Waals surface area (Å²) in [7, 11) is 0. The van der Waals surface area contributed by atoms with E-state index in [0.717, 1.165) is 18.9 Å². The zero-order valence-electron chi connectivity index (χ0n) is 10.3. The summed E-state index contributed by atoms with van der Waals surface area (Å²) < 4.78 is 65.7. The van der Waals surface area contributed by atoms with Gasteiger partial charge < -0.3 is 10.1 Å². The molecule has 0 aliphatic heterocycles. The summed E-state index contributed by atoms with van der Waals surface area (Å²) in [6, 6.07) is 1.59. The topological polar surface area (TPSA) is 34.1 Å². The molecule has 112 valence electrons. The van der Waals surface area contributed by atoms with E-state index in [9.17, 15) is 22.0 Å². The van der Waals surface area contributed by atoms with Gasteiger partial charge in [-0.25, -0.2) is 4.98 Å². The number of halogens is 5. The minimum atomic E-state index is -4.28. The van der Waals surface area contributed by atoms with E-state index in [-0.39, 0.29) is 17.5 Å². The minimum Gasteiger partial charge on any atom is -0.435 e. The van der Waals surface area contributed by atoms with E-state index >= 15 is 0 Å². The van der Waals surface area contributed by atoms with Crippen molar-refractivity contribution in [2.24, 2.45) is 5.92 Å². The zero-order chi connectivity index (χ0) is 14.8. The highest BCUT2D eigenvalue weighted by atomic mass is 19.4. The van der Waals surface area contributed by atoms with Crippen LogP contribution in [0, 0.1) is 5.92 Å². The van der Waals surface area contributed by atoms with Gasteiger partial charge in [0.05, 0.1) is 6.42 Å². The summed E-state index contributed by atoms with van der Waals surface area (Å²) in [5.74, 6) is -0.0959. The number of ether oxygens (including phenoxy) is 1. The van der Waals surface area contributed by atoms with Crippen LogP contribution in [0.4, 0.5) is 27.8 Å². The number of nitrogens with one attached hydrogen (secondary N) is 1. The van der Waals surface area contributed by atoms with Gasteiger partial charge in [-0.3, -0.25) is 0 Å². The second kappa shape index (κ2) is 5.80. The lowest BCUT2D eigenvalue weighted by atomic mass is 10.1. The molecular formula is C12H13F5N2O. The van der Waals surface area contributed by atoms with E-state index in [1.54, 1.807) is 0 Å². The van der Waals surface area contributed by atoms with Crippen molar-refractivity contribution in [3.63, 3.8) is 0 Å². The smallest absolute Gasteiger partial charge is 0.391 e. The van der Waals surface area contributed by atoms with E-state index in [2.05, 4.69) is 15.0 Å². The quantitative estimate of drug-likeness (QED) is 0.810. The Bertz CT molecular complexity index is 448. The molecule has 1 saturated carbocycles. The van der Waals surface area contributed by atoms with E-state index in [1.165, 1.54) is 12.3 Å². The largest absolute Gasteiger partial charge is 0.435 e. The number of alkyl halides is 5. The lowest BCUT2D eigenvalue weighted by Gasteiger charge is -2.20. The third-order valence-electron chi connectivity index (χ3n) is 2.93. The predicted molar refractivity (Wildman–Crippen MR) is 61.7 cm³/mol. The van der Waals surface area contributed by atoms with Gasteiger partial charge in [-0.2, -0.15) is 22.0 Å². The number of hydrogen-bond acceptors (Lipinski definition) is 3. The van der Waals surface area contributed by atoms with Gasteiger partial charge in [-0.1, -0.05) is 0 Å². The maximum atomic E-state index is 12.5. The van der Waals surface area contributed by atoms with Crippen LogP contribution in [-0.4, -0.2) is 23.8 Å². The first-order valence-electron chi connectivity index (χ1n) is 6.07. The molecule has 2 rings (SSSR count). The van der Waals surface area contributed by atoms with Gasteiger partial charge >= 0.3 is 12.8 Å². The summed E-state index contributed by atoms with van der Waals surface area (Å²) in [4.78, 5) is 3.82. The van der Waals surface area contributed by atoms with Crippen molar-refractivity contribution in [2.45, 2.75) is 38.1 Å². The second-order valence-electron chi connectivity index (χ2n) is 4.66. The number of rotatable bonds is 6. The predicted octanol–water partition coefficient (Wildman–Crippen LogP) is 3.83. The molecular weight excluding hydrogens is 283 g/mol. The molecule has 1 heterocycles. The molecule has 1 atom stereocenters.